The molecule has 164 valence electrons. The van der Waals surface area contributed by atoms with Gasteiger partial charge in [-0.3, -0.25) is 0 Å². The van der Waals surface area contributed by atoms with Crippen LogP contribution in [0.3, 0.4) is 0 Å². The van der Waals surface area contributed by atoms with Gasteiger partial charge in [-0.2, -0.15) is 0 Å². The van der Waals surface area contributed by atoms with E-state index >= 15 is 0 Å². The van der Waals surface area contributed by atoms with Gasteiger partial charge in [0.25, 0.3) is 0 Å². The van der Waals surface area contributed by atoms with Crippen molar-refractivity contribution < 1.29 is 4.74 Å². The van der Waals surface area contributed by atoms with Crippen LogP contribution in [-0.4, -0.2) is 34.4 Å². The quantitative estimate of drug-likeness (QED) is 0.409. The smallest absolute Gasteiger partial charge is 0.191 e. The average molecular weight is 421 g/mol. The molecule has 0 amide bonds. The molecule has 0 aliphatic carbocycles. The molecule has 7 heteroatoms. The van der Waals surface area contributed by atoms with Crippen LogP contribution in [0.5, 0.6) is 5.75 Å². The number of nitrogens with one attached hydrogen (secondary N) is 2. The summed E-state index contributed by atoms with van der Waals surface area (Å²) in [6.45, 7) is 6.17. The van der Waals surface area contributed by atoms with E-state index in [1.54, 1.807) is 7.11 Å². The average Bonchev–Trinajstić information content (AvgIpc) is 3.13. The molecule has 0 saturated heterocycles. The first kappa shape index (κ1) is 22.3. The Balaban J connectivity index is 1.58. The molecule has 0 aliphatic rings. The van der Waals surface area contributed by atoms with Crippen molar-refractivity contribution in [2.45, 2.75) is 39.3 Å². The lowest BCUT2D eigenvalue weighted by Gasteiger charge is -2.16. The SMILES string of the molecule is COc1ccc(C(C)CCNC(=NCc2ccccc2)NCc2nnc(C)n2C)cc1. The maximum absolute atomic E-state index is 5.25. The van der Waals surface area contributed by atoms with Crippen molar-refractivity contribution in [1.29, 1.82) is 0 Å². The zero-order valence-electron chi connectivity index (χ0n) is 18.8. The Morgan fingerprint density at radius 2 is 1.81 bits per heavy atom. The summed E-state index contributed by atoms with van der Waals surface area (Å²) >= 11 is 0. The lowest BCUT2D eigenvalue weighted by Crippen LogP contribution is -2.38. The number of aliphatic imine (C=N–C) groups is 1. The van der Waals surface area contributed by atoms with Crippen LogP contribution in [0.25, 0.3) is 0 Å². The molecule has 3 aromatic rings. The fourth-order valence-corrected chi connectivity index (χ4v) is 3.20. The van der Waals surface area contributed by atoms with Crippen LogP contribution < -0.4 is 15.4 Å². The van der Waals surface area contributed by atoms with Crippen LogP contribution in [0.15, 0.2) is 59.6 Å². The normalized spacial score (nSPS) is 12.5. The number of aromatic nitrogens is 3. The van der Waals surface area contributed by atoms with E-state index in [1.807, 2.05) is 48.9 Å². The molecule has 1 heterocycles. The summed E-state index contributed by atoms with van der Waals surface area (Å²) in [7, 11) is 3.66. The predicted octanol–water partition coefficient (Wildman–Crippen LogP) is 3.56. The Bertz CT molecular complexity index is 965. The van der Waals surface area contributed by atoms with Crippen molar-refractivity contribution in [3.05, 3.63) is 77.4 Å². The lowest BCUT2D eigenvalue weighted by molar-refractivity contribution is 0.414. The van der Waals surface area contributed by atoms with E-state index in [0.717, 1.165) is 36.3 Å². The molecule has 3 rings (SSSR count). The van der Waals surface area contributed by atoms with E-state index in [2.05, 4.69) is 52.0 Å². The largest absolute Gasteiger partial charge is 0.497 e. The highest BCUT2D eigenvalue weighted by molar-refractivity contribution is 5.79. The number of guanidine groups is 1. The van der Waals surface area contributed by atoms with Crippen molar-refractivity contribution in [2.24, 2.45) is 12.0 Å². The fraction of sp³-hybridized carbons (Fsp3) is 0.375. The van der Waals surface area contributed by atoms with Gasteiger partial charge in [0.1, 0.15) is 11.6 Å². The number of aryl methyl sites for hydroxylation is 1. The number of nitrogens with zero attached hydrogens (tertiary/aromatic N) is 4. The molecule has 0 spiro atoms. The first-order chi connectivity index (χ1) is 15.1. The maximum Gasteiger partial charge on any atom is 0.191 e. The first-order valence-electron chi connectivity index (χ1n) is 10.6. The van der Waals surface area contributed by atoms with Crippen LogP contribution in [0, 0.1) is 6.92 Å². The third-order valence-electron chi connectivity index (χ3n) is 5.41. The third-order valence-corrected chi connectivity index (χ3v) is 5.41. The van der Waals surface area contributed by atoms with Crippen LogP contribution in [0.2, 0.25) is 0 Å². The predicted molar refractivity (Wildman–Crippen MR) is 124 cm³/mol. The molecule has 1 aromatic heterocycles. The second-order valence-electron chi connectivity index (χ2n) is 7.62. The molecule has 1 atom stereocenters. The number of methoxy groups -OCH3 is 1. The fourth-order valence-electron chi connectivity index (χ4n) is 3.20. The summed E-state index contributed by atoms with van der Waals surface area (Å²) in [6, 6.07) is 18.5. The number of hydrogen-bond acceptors (Lipinski definition) is 4. The van der Waals surface area contributed by atoms with Gasteiger partial charge in [-0.05, 0) is 42.5 Å². The standard InChI is InChI=1S/C24H32N6O/c1-18(21-10-12-22(31-4)13-11-21)14-15-25-24(26-16-20-8-6-5-7-9-20)27-17-23-29-28-19(2)30(23)3/h5-13,18H,14-17H2,1-4H3,(H2,25,26,27). The first-order valence-corrected chi connectivity index (χ1v) is 10.6. The van der Waals surface area contributed by atoms with E-state index in [0.29, 0.717) is 19.0 Å². The van der Waals surface area contributed by atoms with Gasteiger partial charge >= 0.3 is 0 Å². The molecule has 1 unspecified atom stereocenters. The topological polar surface area (TPSA) is 76.4 Å². The highest BCUT2D eigenvalue weighted by Crippen LogP contribution is 2.21. The van der Waals surface area contributed by atoms with Crippen LogP contribution in [0.4, 0.5) is 0 Å². The summed E-state index contributed by atoms with van der Waals surface area (Å²) in [5, 5.41) is 15.2. The zero-order chi connectivity index (χ0) is 22.1. The number of hydrogen-bond donors (Lipinski definition) is 2. The van der Waals surface area contributed by atoms with E-state index in [-0.39, 0.29) is 0 Å². The minimum absolute atomic E-state index is 0.426. The van der Waals surface area contributed by atoms with E-state index < -0.39 is 0 Å². The zero-order valence-corrected chi connectivity index (χ0v) is 18.8. The van der Waals surface area contributed by atoms with Crippen molar-refractivity contribution in [3.63, 3.8) is 0 Å². The van der Waals surface area contributed by atoms with Gasteiger partial charge in [0, 0.05) is 13.6 Å². The van der Waals surface area contributed by atoms with Gasteiger partial charge in [-0.25, -0.2) is 4.99 Å². The Morgan fingerprint density at radius 1 is 1.06 bits per heavy atom. The Kier molecular flexibility index (Phi) is 8.04. The van der Waals surface area contributed by atoms with Gasteiger partial charge in [0.15, 0.2) is 11.8 Å². The van der Waals surface area contributed by atoms with Crippen LogP contribution in [0.1, 0.15) is 42.0 Å². The van der Waals surface area contributed by atoms with Gasteiger partial charge in [-0.1, -0.05) is 49.4 Å². The van der Waals surface area contributed by atoms with E-state index in [4.69, 9.17) is 9.73 Å². The van der Waals surface area contributed by atoms with E-state index in [1.165, 1.54) is 11.1 Å². The highest BCUT2D eigenvalue weighted by atomic mass is 16.5. The van der Waals surface area contributed by atoms with Gasteiger partial charge in [0.2, 0.25) is 0 Å². The van der Waals surface area contributed by atoms with Crippen molar-refractivity contribution >= 4 is 5.96 Å². The van der Waals surface area contributed by atoms with Gasteiger partial charge < -0.3 is 19.9 Å². The molecule has 0 aliphatic heterocycles. The number of rotatable bonds is 9. The minimum atomic E-state index is 0.426. The lowest BCUT2D eigenvalue weighted by atomic mass is 9.98. The second-order valence-corrected chi connectivity index (χ2v) is 7.62. The summed E-state index contributed by atoms with van der Waals surface area (Å²) in [5.41, 5.74) is 2.47. The molecule has 0 bridgehead atoms. The minimum Gasteiger partial charge on any atom is -0.497 e. The summed E-state index contributed by atoms with van der Waals surface area (Å²) < 4.78 is 7.23. The van der Waals surface area contributed by atoms with Crippen LogP contribution >= 0.6 is 0 Å². The number of benzene rings is 2. The maximum atomic E-state index is 5.25. The summed E-state index contributed by atoms with van der Waals surface area (Å²) in [6.07, 6.45) is 0.988. The molecule has 2 N–H and O–H groups in total. The molecule has 31 heavy (non-hydrogen) atoms. The Labute approximate surface area is 184 Å². The Morgan fingerprint density at radius 3 is 2.45 bits per heavy atom. The summed E-state index contributed by atoms with van der Waals surface area (Å²) in [4.78, 5) is 4.76. The van der Waals surface area contributed by atoms with Crippen molar-refractivity contribution in [2.75, 3.05) is 13.7 Å². The highest BCUT2D eigenvalue weighted by Gasteiger charge is 2.09. The third kappa shape index (κ3) is 6.57. The molecular formula is C24H32N6O. The van der Waals surface area contributed by atoms with Gasteiger partial charge in [-0.15, -0.1) is 10.2 Å². The molecular weight excluding hydrogens is 388 g/mol. The van der Waals surface area contributed by atoms with E-state index in [9.17, 15) is 0 Å². The summed E-state index contributed by atoms with van der Waals surface area (Å²) in [5.74, 6) is 3.84. The monoisotopic (exact) mass is 420 g/mol. The molecule has 2 aromatic carbocycles. The molecule has 0 fully saturated rings. The molecule has 7 nitrogen and oxygen atoms in total. The second kappa shape index (κ2) is 11.2. The van der Waals surface area contributed by atoms with Crippen molar-refractivity contribution in [1.82, 2.24) is 25.4 Å². The molecule has 0 radical (unpaired) electrons. The molecule has 0 saturated carbocycles. The Hall–Kier alpha value is -3.35. The van der Waals surface area contributed by atoms with Gasteiger partial charge in [0.05, 0.1) is 20.2 Å². The van der Waals surface area contributed by atoms with Crippen LogP contribution in [-0.2, 0) is 20.1 Å². The van der Waals surface area contributed by atoms with Crippen molar-refractivity contribution in [3.8, 4) is 5.75 Å². The number of ether oxygens (including phenoxy) is 1.